The molecule has 0 amide bonds. The molecule has 1 saturated heterocycles. The lowest BCUT2D eigenvalue weighted by atomic mass is 9.41. The van der Waals surface area contributed by atoms with Crippen molar-refractivity contribution in [3.63, 3.8) is 0 Å². The van der Waals surface area contributed by atoms with E-state index in [0.29, 0.717) is 23.5 Å². The van der Waals surface area contributed by atoms with Gasteiger partial charge in [-0.3, -0.25) is 0 Å². The topological polar surface area (TPSA) is 12.5 Å². The predicted molar refractivity (Wildman–Crippen MR) is 93.2 cm³/mol. The normalized spacial score (nSPS) is 47.2. The number of likely N-dealkylation sites (N-methyl/N-ethyl adjacent to an activating group) is 1. The summed E-state index contributed by atoms with van der Waals surface area (Å²) >= 11 is 0. The lowest BCUT2D eigenvalue weighted by Gasteiger charge is -2.66. The maximum absolute atomic E-state index is 6.71. The first kappa shape index (κ1) is 14.3. The average Bonchev–Trinajstić information content (AvgIpc) is 2.80. The van der Waals surface area contributed by atoms with Crippen molar-refractivity contribution in [1.29, 1.82) is 0 Å². The Morgan fingerprint density at radius 1 is 1.26 bits per heavy atom. The van der Waals surface area contributed by atoms with Crippen LogP contribution >= 0.6 is 0 Å². The molecular formula is C21H29NO. The highest BCUT2D eigenvalue weighted by molar-refractivity contribution is 5.60. The molecule has 0 radical (unpaired) electrons. The van der Waals surface area contributed by atoms with Gasteiger partial charge < -0.3 is 9.64 Å². The fourth-order valence-corrected chi connectivity index (χ4v) is 7.39. The van der Waals surface area contributed by atoms with Crippen LogP contribution in [0.5, 0.6) is 5.75 Å². The average molecular weight is 311 g/mol. The zero-order chi connectivity index (χ0) is 16.1. The maximum Gasteiger partial charge on any atom is 0.126 e. The van der Waals surface area contributed by atoms with Gasteiger partial charge in [0.15, 0.2) is 0 Å². The minimum absolute atomic E-state index is 0.264. The van der Waals surface area contributed by atoms with Crippen LogP contribution in [0.2, 0.25) is 0 Å². The maximum atomic E-state index is 6.71. The summed E-state index contributed by atoms with van der Waals surface area (Å²) in [6.45, 7) is 10.9. The van der Waals surface area contributed by atoms with E-state index in [2.05, 4.69) is 51.8 Å². The highest BCUT2D eigenvalue weighted by Crippen LogP contribution is 2.70. The zero-order valence-electron chi connectivity index (χ0n) is 15.1. The van der Waals surface area contributed by atoms with Gasteiger partial charge in [-0.05, 0) is 68.2 Å². The number of aryl methyl sites for hydroxylation is 1. The second kappa shape index (κ2) is 4.14. The van der Waals surface area contributed by atoms with Gasteiger partial charge in [0.25, 0.3) is 0 Å². The van der Waals surface area contributed by atoms with Crippen LogP contribution in [0, 0.1) is 18.3 Å². The van der Waals surface area contributed by atoms with Crippen LogP contribution in [-0.4, -0.2) is 30.6 Å². The summed E-state index contributed by atoms with van der Waals surface area (Å²) in [5.41, 5.74) is 5.14. The molecule has 2 heterocycles. The lowest BCUT2D eigenvalue weighted by Crippen LogP contribution is -2.70. The van der Waals surface area contributed by atoms with Crippen LogP contribution in [-0.2, 0) is 5.41 Å². The Labute approximate surface area is 140 Å². The molecule has 1 aromatic rings. The van der Waals surface area contributed by atoms with Crippen molar-refractivity contribution in [2.24, 2.45) is 11.3 Å². The van der Waals surface area contributed by atoms with Gasteiger partial charge in [0.2, 0.25) is 0 Å². The van der Waals surface area contributed by atoms with E-state index in [9.17, 15) is 0 Å². The third kappa shape index (κ3) is 1.38. The molecule has 2 aliphatic carbocycles. The molecule has 5 rings (SSSR count). The van der Waals surface area contributed by atoms with Crippen LogP contribution in [0.1, 0.15) is 62.6 Å². The Bertz CT molecular complexity index is 697. The summed E-state index contributed by atoms with van der Waals surface area (Å²) in [6.07, 6.45) is 4.24. The summed E-state index contributed by atoms with van der Waals surface area (Å²) in [7, 11) is 2.35. The number of hydrogen-bond donors (Lipinski definition) is 0. The zero-order valence-corrected chi connectivity index (χ0v) is 15.1. The number of nitrogens with zero attached hydrogens (tertiary/aromatic N) is 1. The standard InChI is InChI=1S/C21H29NO/c1-12-10-16-21-8-9-22(5)19(20(21,4)11-12)14(3)15-7-6-13(2)18(23-16)17(15)21/h6-7,12,14,16,19H,8-11H2,1-5H3/t12?,14?,16-,19+,20?,21+/m0/s1. The molecule has 4 aliphatic rings. The largest absolute Gasteiger partial charge is 0.489 e. The minimum atomic E-state index is 0.264. The Kier molecular flexibility index (Phi) is 2.58. The lowest BCUT2D eigenvalue weighted by molar-refractivity contribution is -0.128. The molecule has 2 aliphatic heterocycles. The van der Waals surface area contributed by atoms with Crippen molar-refractivity contribution in [2.75, 3.05) is 13.6 Å². The molecule has 0 N–H and O–H groups in total. The molecule has 23 heavy (non-hydrogen) atoms. The van der Waals surface area contributed by atoms with Crippen LogP contribution in [0.15, 0.2) is 12.1 Å². The first-order valence-corrected chi connectivity index (χ1v) is 9.41. The minimum Gasteiger partial charge on any atom is -0.489 e. The van der Waals surface area contributed by atoms with E-state index in [1.165, 1.54) is 37.1 Å². The molecule has 124 valence electrons. The van der Waals surface area contributed by atoms with Crippen molar-refractivity contribution < 1.29 is 4.74 Å². The summed E-state index contributed by atoms with van der Waals surface area (Å²) in [5.74, 6) is 2.61. The molecule has 1 saturated carbocycles. The number of hydrogen-bond acceptors (Lipinski definition) is 2. The van der Waals surface area contributed by atoms with Crippen molar-refractivity contribution >= 4 is 0 Å². The Morgan fingerprint density at radius 2 is 2.04 bits per heavy atom. The highest BCUT2D eigenvalue weighted by Gasteiger charge is 2.70. The quantitative estimate of drug-likeness (QED) is 0.710. The van der Waals surface area contributed by atoms with Gasteiger partial charge in [0, 0.05) is 17.0 Å². The van der Waals surface area contributed by atoms with E-state index in [0.717, 1.165) is 5.92 Å². The van der Waals surface area contributed by atoms with E-state index in [1.807, 2.05) is 0 Å². The first-order chi connectivity index (χ1) is 10.9. The van der Waals surface area contributed by atoms with Gasteiger partial charge in [0.1, 0.15) is 11.9 Å². The number of ether oxygens (including phenoxy) is 1. The van der Waals surface area contributed by atoms with E-state index < -0.39 is 0 Å². The number of piperidine rings is 1. The Balaban J connectivity index is 1.88. The van der Waals surface area contributed by atoms with Crippen LogP contribution in [0.4, 0.5) is 0 Å². The molecule has 1 aromatic carbocycles. The molecule has 2 nitrogen and oxygen atoms in total. The summed E-state index contributed by atoms with van der Waals surface area (Å²) < 4.78 is 6.71. The van der Waals surface area contributed by atoms with Crippen molar-refractivity contribution in [2.45, 2.75) is 70.4 Å². The molecule has 2 fully saturated rings. The molecule has 0 aromatic heterocycles. The Hall–Kier alpha value is -1.02. The summed E-state index contributed by atoms with van der Waals surface area (Å²) in [4.78, 5) is 2.66. The van der Waals surface area contributed by atoms with Crippen molar-refractivity contribution in [3.8, 4) is 5.75 Å². The number of benzene rings is 1. The molecule has 3 unspecified atom stereocenters. The molecule has 2 heteroatoms. The van der Waals surface area contributed by atoms with E-state index in [-0.39, 0.29) is 5.41 Å². The van der Waals surface area contributed by atoms with E-state index in [4.69, 9.17) is 4.74 Å². The van der Waals surface area contributed by atoms with Crippen LogP contribution in [0.3, 0.4) is 0 Å². The first-order valence-electron chi connectivity index (χ1n) is 9.41. The van der Waals surface area contributed by atoms with Gasteiger partial charge in [-0.25, -0.2) is 0 Å². The third-order valence-electron chi connectivity index (χ3n) is 8.00. The predicted octanol–water partition coefficient (Wildman–Crippen LogP) is 4.25. The smallest absolute Gasteiger partial charge is 0.126 e. The molecule has 6 atom stereocenters. The van der Waals surface area contributed by atoms with E-state index >= 15 is 0 Å². The van der Waals surface area contributed by atoms with Gasteiger partial charge in [-0.2, -0.15) is 0 Å². The van der Waals surface area contributed by atoms with Gasteiger partial charge in [0.05, 0.1) is 0 Å². The summed E-state index contributed by atoms with van der Waals surface area (Å²) in [5, 5.41) is 0. The number of likely N-dealkylation sites (tertiary alicyclic amines) is 1. The molecule has 2 bridgehead atoms. The fraction of sp³-hybridized carbons (Fsp3) is 0.714. The van der Waals surface area contributed by atoms with Crippen LogP contribution in [0.25, 0.3) is 0 Å². The van der Waals surface area contributed by atoms with Gasteiger partial charge in [-0.1, -0.05) is 32.9 Å². The van der Waals surface area contributed by atoms with E-state index in [1.54, 1.807) is 11.1 Å². The summed E-state index contributed by atoms with van der Waals surface area (Å²) in [6, 6.07) is 5.35. The van der Waals surface area contributed by atoms with Gasteiger partial charge in [-0.15, -0.1) is 0 Å². The Morgan fingerprint density at radius 3 is 2.83 bits per heavy atom. The molecular weight excluding hydrogens is 282 g/mol. The second-order valence-corrected chi connectivity index (χ2v) is 9.18. The van der Waals surface area contributed by atoms with Gasteiger partial charge >= 0.3 is 0 Å². The number of rotatable bonds is 0. The third-order valence-corrected chi connectivity index (χ3v) is 8.00. The van der Waals surface area contributed by atoms with Crippen molar-refractivity contribution in [3.05, 3.63) is 28.8 Å². The monoisotopic (exact) mass is 311 g/mol. The SMILES string of the molecule is Cc1ccc2c3c1O[C@H]1CC(C)CC4(C)[C@@H](C2C)N(C)CC[C@]314. The highest BCUT2D eigenvalue weighted by atomic mass is 16.5. The van der Waals surface area contributed by atoms with Crippen molar-refractivity contribution in [1.82, 2.24) is 4.90 Å². The molecule has 1 spiro atoms. The fourth-order valence-electron chi connectivity index (χ4n) is 7.39. The van der Waals surface area contributed by atoms with Crippen LogP contribution < -0.4 is 4.74 Å². The second-order valence-electron chi connectivity index (χ2n) is 9.18.